The van der Waals surface area contributed by atoms with E-state index in [0.29, 0.717) is 19.4 Å². The van der Waals surface area contributed by atoms with E-state index < -0.39 is 24.1 Å². The number of amides is 1. The van der Waals surface area contributed by atoms with Crippen molar-refractivity contribution < 1.29 is 29.3 Å². The zero-order valence-corrected chi connectivity index (χ0v) is 15.9. The molecule has 2 aromatic carbocycles. The van der Waals surface area contributed by atoms with E-state index in [2.05, 4.69) is 0 Å². The van der Waals surface area contributed by atoms with E-state index in [1.807, 2.05) is 18.2 Å². The molecule has 0 radical (unpaired) electrons. The van der Waals surface area contributed by atoms with Crippen molar-refractivity contribution in [3.63, 3.8) is 0 Å². The summed E-state index contributed by atoms with van der Waals surface area (Å²) in [6.07, 6.45) is 0.721. The highest BCUT2D eigenvalue weighted by Crippen LogP contribution is 2.25. The number of carboxylic acid groups (broad SMARTS) is 1. The SMILES string of the molecule is O=C(O)c1ccccc1OC(=O)C1CCCN1C(=O)CCC(O)c1ccccc1. The van der Waals surface area contributed by atoms with Crippen molar-refractivity contribution >= 4 is 17.8 Å². The number of hydrogen-bond acceptors (Lipinski definition) is 5. The van der Waals surface area contributed by atoms with Crippen molar-refractivity contribution in [2.24, 2.45) is 0 Å². The normalized spacial score (nSPS) is 17.0. The summed E-state index contributed by atoms with van der Waals surface area (Å²) in [7, 11) is 0. The summed E-state index contributed by atoms with van der Waals surface area (Å²) < 4.78 is 5.30. The molecule has 2 atom stereocenters. The molecule has 0 spiro atoms. The minimum absolute atomic E-state index is 0.0381. The number of aliphatic hydroxyl groups is 1. The first-order chi connectivity index (χ1) is 14.0. The number of carbonyl (C=O) groups is 3. The number of para-hydroxylation sites is 1. The molecule has 1 fully saturated rings. The molecule has 1 aliphatic heterocycles. The Bertz CT molecular complexity index is 882. The summed E-state index contributed by atoms with van der Waals surface area (Å²) in [6, 6.07) is 14.2. The molecule has 2 aromatic rings. The topological polar surface area (TPSA) is 104 Å². The largest absolute Gasteiger partial charge is 0.478 e. The standard InChI is InChI=1S/C22H23NO6/c24-18(15-7-2-1-3-8-15)12-13-20(25)23-14-6-10-17(23)22(28)29-19-11-5-4-9-16(19)21(26)27/h1-5,7-9,11,17-18,24H,6,10,12-14H2,(H,26,27). The number of carboxylic acids is 1. The fourth-order valence-corrected chi connectivity index (χ4v) is 3.46. The molecular formula is C22H23NO6. The molecule has 2 unspecified atom stereocenters. The molecule has 0 bridgehead atoms. The molecule has 2 N–H and O–H groups in total. The maximum Gasteiger partial charge on any atom is 0.339 e. The van der Waals surface area contributed by atoms with Crippen molar-refractivity contribution in [3.8, 4) is 5.75 Å². The summed E-state index contributed by atoms with van der Waals surface area (Å²) in [5.74, 6) is -2.11. The number of nitrogens with zero attached hydrogens (tertiary/aromatic N) is 1. The number of aromatic carboxylic acids is 1. The Morgan fingerprint density at radius 2 is 1.76 bits per heavy atom. The minimum Gasteiger partial charge on any atom is -0.478 e. The van der Waals surface area contributed by atoms with Crippen LogP contribution in [0.5, 0.6) is 5.75 Å². The summed E-state index contributed by atoms with van der Waals surface area (Å²) >= 11 is 0. The van der Waals surface area contributed by atoms with Crippen molar-refractivity contribution in [1.29, 1.82) is 0 Å². The summed E-state index contributed by atoms with van der Waals surface area (Å²) in [5.41, 5.74) is 0.630. The quantitative estimate of drug-likeness (QED) is 0.550. The van der Waals surface area contributed by atoms with Gasteiger partial charge in [0.25, 0.3) is 0 Å². The molecule has 1 heterocycles. The molecule has 1 amide bonds. The molecule has 1 saturated heterocycles. The van der Waals surface area contributed by atoms with Crippen LogP contribution in [0.2, 0.25) is 0 Å². The molecule has 152 valence electrons. The third kappa shape index (κ3) is 5.00. The second kappa shape index (κ2) is 9.34. The lowest BCUT2D eigenvalue weighted by atomic mass is 10.0. The molecule has 7 heteroatoms. The van der Waals surface area contributed by atoms with Crippen LogP contribution in [0.15, 0.2) is 54.6 Å². The monoisotopic (exact) mass is 397 g/mol. The van der Waals surface area contributed by atoms with Crippen LogP contribution in [-0.4, -0.2) is 45.5 Å². The highest BCUT2D eigenvalue weighted by Gasteiger charge is 2.35. The van der Waals surface area contributed by atoms with Crippen LogP contribution >= 0.6 is 0 Å². The Morgan fingerprint density at radius 3 is 2.48 bits per heavy atom. The van der Waals surface area contributed by atoms with Gasteiger partial charge in [-0.05, 0) is 37.0 Å². The average molecular weight is 397 g/mol. The number of rotatable bonds is 7. The fourth-order valence-electron chi connectivity index (χ4n) is 3.46. The van der Waals surface area contributed by atoms with Crippen LogP contribution in [0.25, 0.3) is 0 Å². The van der Waals surface area contributed by atoms with E-state index in [9.17, 15) is 24.6 Å². The first-order valence-electron chi connectivity index (χ1n) is 9.54. The van der Waals surface area contributed by atoms with E-state index in [1.165, 1.54) is 17.0 Å². The summed E-state index contributed by atoms with van der Waals surface area (Å²) in [5, 5.41) is 19.5. The zero-order chi connectivity index (χ0) is 20.8. The van der Waals surface area contributed by atoms with Crippen molar-refractivity contribution in [2.75, 3.05) is 6.54 Å². The Balaban J connectivity index is 1.61. The third-order valence-corrected chi connectivity index (χ3v) is 4.99. The summed E-state index contributed by atoms with van der Waals surface area (Å²) in [4.78, 5) is 38.0. The van der Waals surface area contributed by atoms with Gasteiger partial charge in [-0.15, -0.1) is 0 Å². The van der Waals surface area contributed by atoms with Gasteiger partial charge in [0.2, 0.25) is 5.91 Å². The molecule has 3 rings (SSSR count). The molecule has 0 saturated carbocycles. The van der Waals surface area contributed by atoms with Gasteiger partial charge in [-0.25, -0.2) is 9.59 Å². The number of carbonyl (C=O) groups excluding carboxylic acids is 2. The number of ether oxygens (including phenoxy) is 1. The maximum atomic E-state index is 12.6. The van der Waals surface area contributed by atoms with E-state index in [4.69, 9.17) is 4.74 Å². The molecule has 0 aliphatic carbocycles. The van der Waals surface area contributed by atoms with Crippen LogP contribution in [-0.2, 0) is 9.59 Å². The van der Waals surface area contributed by atoms with Gasteiger partial charge in [-0.2, -0.15) is 0 Å². The smallest absolute Gasteiger partial charge is 0.339 e. The van der Waals surface area contributed by atoms with Crippen LogP contribution in [0, 0.1) is 0 Å². The van der Waals surface area contributed by atoms with Gasteiger partial charge in [-0.3, -0.25) is 4.79 Å². The number of aliphatic hydroxyl groups excluding tert-OH is 1. The number of hydrogen-bond donors (Lipinski definition) is 2. The van der Waals surface area contributed by atoms with Crippen LogP contribution in [0.4, 0.5) is 0 Å². The van der Waals surface area contributed by atoms with Crippen molar-refractivity contribution in [1.82, 2.24) is 4.90 Å². The lowest BCUT2D eigenvalue weighted by molar-refractivity contribution is -0.146. The van der Waals surface area contributed by atoms with Crippen LogP contribution in [0.3, 0.4) is 0 Å². The van der Waals surface area contributed by atoms with E-state index >= 15 is 0 Å². The Labute approximate surface area is 168 Å². The number of esters is 1. The lowest BCUT2D eigenvalue weighted by Gasteiger charge is -2.24. The van der Waals surface area contributed by atoms with Gasteiger partial charge in [0.05, 0.1) is 6.10 Å². The Kier molecular flexibility index (Phi) is 6.61. The molecule has 7 nitrogen and oxygen atoms in total. The van der Waals surface area contributed by atoms with Crippen molar-refractivity contribution in [2.45, 2.75) is 37.8 Å². The zero-order valence-electron chi connectivity index (χ0n) is 15.9. The van der Waals surface area contributed by atoms with Gasteiger partial charge in [0.1, 0.15) is 17.4 Å². The van der Waals surface area contributed by atoms with Gasteiger partial charge in [-0.1, -0.05) is 42.5 Å². The van der Waals surface area contributed by atoms with Gasteiger partial charge in [0, 0.05) is 13.0 Å². The Morgan fingerprint density at radius 1 is 1.07 bits per heavy atom. The number of benzene rings is 2. The van der Waals surface area contributed by atoms with Crippen LogP contribution in [0.1, 0.15) is 47.7 Å². The minimum atomic E-state index is -1.19. The average Bonchev–Trinajstić information content (AvgIpc) is 3.23. The van der Waals surface area contributed by atoms with Crippen molar-refractivity contribution in [3.05, 3.63) is 65.7 Å². The third-order valence-electron chi connectivity index (χ3n) is 4.99. The van der Waals surface area contributed by atoms with E-state index in [0.717, 1.165) is 5.56 Å². The first kappa shape index (κ1) is 20.5. The number of likely N-dealkylation sites (tertiary alicyclic amines) is 1. The van der Waals surface area contributed by atoms with Gasteiger partial charge in [0.15, 0.2) is 0 Å². The predicted octanol–water partition coefficient (Wildman–Crippen LogP) is 2.80. The molecule has 29 heavy (non-hydrogen) atoms. The fraction of sp³-hybridized carbons (Fsp3) is 0.318. The highest BCUT2D eigenvalue weighted by atomic mass is 16.5. The van der Waals surface area contributed by atoms with Crippen LogP contribution < -0.4 is 4.74 Å². The lowest BCUT2D eigenvalue weighted by Crippen LogP contribution is -2.42. The second-order valence-electron chi connectivity index (χ2n) is 6.93. The predicted molar refractivity (Wildman–Crippen MR) is 104 cm³/mol. The first-order valence-corrected chi connectivity index (χ1v) is 9.54. The molecule has 1 aliphatic rings. The summed E-state index contributed by atoms with van der Waals surface area (Å²) in [6.45, 7) is 0.431. The van der Waals surface area contributed by atoms with E-state index in [1.54, 1.807) is 24.3 Å². The maximum absolute atomic E-state index is 12.6. The molecular weight excluding hydrogens is 374 g/mol. The van der Waals surface area contributed by atoms with E-state index in [-0.39, 0.29) is 30.1 Å². The highest BCUT2D eigenvalue weighted by molar-refractivity contribution is 5.93. The Hall–Kier alpha value is -3.19. The second-order valence-corrected chi connectivity index (χ2v) is 6.93. The van der Waals surface area contributed by atoms with Gasteiger partial charge >= 0.3 is 11.9 Å². The van der Waals surface area contributed by atoms with Gasteiger partial charge < -0.3 is 19.8 Å². The molecule has 0 aromatic heterocycles.